The van der Waals surface area contributed by atoms with Gasteiger partial charge >= 0.3 is 0 Å². The van der Waals surface area contributed by atoms with Crippen molar-refractivity contribution in [2.45, 2.75) is 39.8 Å². The van der Waals surface area contributed by atoms with E-state index < -0.39 is 0 Å². The van der Waals surface area contributed by atoms with Crippen molar-refractivity contribution in [1.29, 1.82) is 0 Å². The number of benzene rings is 1. The number of nitrogens with one attached hydrogen (secondary N) is 1. The van der Waals surface area contributed by atoms with Crippen LogP contribution in [0.25, 0.3) is 10.9 Å². The highest BCUT2D eigenvalue weighted by atomic mass is 16.5. The largest absolute Gasteiger partial charge is 0.490 e. The summed E-state index contributed by atoms with van der Waals surface area (Å²) in [7, 11) is 0. The Bertz CT molecular complexity index is 673. The summed E-state index contributed by atoms with van der Waals surface area (Å²) in [4.78, 5) is 4.40. The Labute approximate surface area is 137 Å². The van der Waals surface area contributed by atoms with Crippen LogP contribution in [0.2, 0.25) is 0 Å². The van der Waals surface area contributed by atoms with Gasteiger partial charge in [0.25, 0.3) is 0 Å². The van der Waals surface area contributed by atoms with Gasteiger partial charge < -0.3 is 20.9 Å². The summed E-state index contributed by atoms with van der Waals surface area (Å²) in [6.07, 6.45) is 0.0546. The Balaban J connectivity index is 2.56. The summed E-state index contributed by atoms with van der Waals surface area (Å²) < 4.78 is 11.3. The van der Waals surface area contributed by atoms with Crippen molar-refractivity contribution < 1.29 is 9.47 Å². The van der Waals surface area contributed by atoms with E-state index in [0.717, 1.165) is 22.2 Å². The predicted octanol–water partition coefficient (Wildman–Crippen LogP) is 2.83. The Morgan fingerprint density at radius 1 is 1.22 bits per heavy atom. The first kappa shape index (κ1) is 17.3. The Kier molecular flexibility index (Phi) is 5.63. The lowest BCUT2D eigenvalue weighted by Gasteiger charge is -2.22. The first-order chi connectivity index (χ1) is 11.0. The van der Waals surface area contributed by atoms with Gasteiger partial charge in [-0.1, -0.05) is 6.07 Å². The molecule has 0 aliphatic rings. The van der Waals surface area contributed by atoms with Gasteiger partial charge in [-0.05, 0) is 39.8 Å². The van der Waals surface area contributed by atoms with E-state index in [1.54, 1.807) is 0 Å². The number of hydrogen-bond acceptors (Lipinski definition) is 6. The zero-order valence-electron chi connectivity index (χ0n) is 14.2. The smallest absolute Gasteiger partial charge is 0.147 e. The minimum Gasteiger partial charge on any atom is -0.490 e. The molecule has 0 saturated heterocycles. The van der Waals surface area contributed by atoms with Crippen LogP contribution in [0.15, 0.2) is 18.2 Å². The number of rotatable bonds is 7. The van der Waals surface area contributed by atoms with Gasteiger partial charge in [0.2, 0.25) is 0 Å². The molecule has 0 aliphatic heterocycles. The molecule has 2 aromatic rings. The van der Waals surface area contributed by atoms with Gasteiger partial charge in [-0.2, -0.15) is 0 Å². The minimum atomic E-state index is -0.0498. The second kappa shape index (κ2) is 7.48. The second-order valence-electron chi connectivity index (χ2n) is 5.70. The van der Waals surface area contributed by atoms with Gasteiger partial charge in [0, 0.05) is 23.6 Å². The first-order valence-electron chi connectivity index (χ1n) is 7.91. The standard InChI is InChI=1S/C17H26N4O2/c1-5-22-9-20-11(4)14-15-12(21-17(19)16(14)18)7-6-8-13(15)23-10(2)3/h6-8,10-11,20H,5,9,18H2,1-4H3,(H2,19,21). The molecule has 1 aromatic carbocycles. The van der Waals surface area contributed by atoms with Crippen molar-refractivity contribution in [3.05, 3.63) is 23.8 Å². The van der Waals surface area contributed by atoms with Gasteiger partial charge in [0.05, 0.1) is 24.0 Å². The molecule has 5 N–H and O–H groups in total. The SMILES string of the molecule is CCOCNC(C)c1c(N)c(N)nc2cccc(OC(C)C)c12. The van der Waals surface area contributed by atoms with Crippen molar-refractivity contribution in [2.24, 2.45) is 0 Å². The highest BCUT2D eigenvalue weighted by Gasteiger charge is 2.20. The average molecular weight is 318 g/mol. The van der Waals surface area contributed by atoms with Crippen LogP contribution in [0.5, 0.6) is 5.75 Å². The normalized spacial score (nSPS) is 12.7. The molecular weight excluding hydrogens is 292 g/mol. The summed E-state index contributed by atoms with van der Waals surface area (Å²) in [6.45, 7) is 9.04. The van der Waals surface area contributed by atoms with E-state index in [9.17, 15) is 0 Å². The maximum Gasteiger partial charge on any atom is 0.147 e. The highest BCUT2D eigenvalue weighted by Crippen LogP contribution is 2.37. The summed E-state index contributed by atoms with van der Waals surface area (Å²) in [6, 6.07) is 5.70. The van der Waals surface area contributed by atoms with Crippen LogP contribution >= 0.6 is 0 Å². The molecule has 0 spiro atoms. The zero-order valence-corrected chi connectivity index (χ0v) is 14.2. The number of pyridine rings is 1. The minimum absolute atomic E-state index is 0.0498. The molecule has 0 aliphatic carbocycles. The number of nitrogens with zero attached hydrogens (tertiary/aromatic N) is 1. The number of hydrogen-bond donors (Lipinski definition) is 3. The molecule has 1 unspecified atom stereocenters. The lowest BCUT2D eigenvalue weighted by Crippen LogP contribution is -2.23. The second-order valence-corrected chi connectivity index (χ2v) is 5.70. The van der Waals surface area contributed by atoms with E-state index >= 15 is 0 Å². The maximum atomic E-state index is 6.23. The molecule has 0 bridgehead atoms. The van der Waals surface area contributed by atoms with Crippen molar-refractivity contribution >= 4 is 22.4 Å². The van der Waals surface area contributed by atoms with Gasteiger partial charge in [-0.15, -0.1) is 0 Å². The van der Waals surface area contributed by atoms with E-state index in [1.807, 2.05) is 45.9 Å². The van der Waals surface area contributed by atoms with Gasteiger partial charge in [-0.3, -0.25) is 5.32 Å². The average Bonchev–Trinajstić information content (AvgIpc) is 2.48. The fraction of sp³-hybridized carbons (Fsp3) is 0.471. The highest BCUT2D eigenvalue weighted by molar-refractivity contribution is 5.95. The number of nitrogens with two attached hydrogens (primary N) is 2. The third-order valence-corrected chi connectivity index (χ3v) is 3.57. The van der Waals surface area contributed by atoms with Crippen molar-refractivity contribution in [1.82, 2.24) is 10.3 Å². The molecule has 1 aromatic heterocycles. The van der Waals surface area contributed by atoms with Crippen LogP contribution in [-0.4, -0.2) is 24.4 Å². The molecule has 6 heteroatoms. The molecule has 0 radical (unpaired) electrons. The van der Waals surface area contributed by atoms with E-state index in [0.29, 0.717) is 24.8 Å². The molecule has 2 rings (SSSR count). The van der Waals surface area contributed by atoms with Crippen LogP contribution in [0.3, 0.4) is 0 Å². The summed E-state index contributed by atoms with van der Waals surface area (Å²) >= 11 is 0. The molecule has 1 atom stereocenters. The van der Waals surface area contributed by atoms with Crippen molar-refractivity contribution in [2.75, 3.05) is 24.8 Å². The topological polar surface area (TPSA) is 95.4 Å². The monoisotopic (exact) mass is 318 g/mol. The number of nitrogen functional groups attached to an aromatic ring is 2. The summed E-state index contributed by atoms with van der Waals surface area (Å²) in [5.74, 6) is 1.09. The maximum absolute atomic E-state index is 6.23. The third kappa shape index (κ3) is 3.83. The van der Waals surface area contributed by atoms with E-state index in [-0.39, 0.29) is 12.1 Å². The molecule has 0 saturated carbocycles. The molecule has 23 heavy (non-hydrogen) atoms. The molecule has 126 valence electrons. The third-order valence-electron chi connectivity index (χ3n) is 3.57. The number of fused-ring (bicyclic) bond motifs is 1. The molecule has 0 fully saturated rings. The molecule has 1 heterocycles. The first-order valence-corrected chi connectivity index (χ1v) is 7.91. The van der Waals surface area contributed by atoms with Gasteiger partial charge in [-0.25, -0.2) is 4.98 Å². The van der Waals surface area contributed by atoms with Crippen LogP contribution in [0.1, 0.15) is 39.3 Å². The van der Waals surface area contributed by atoms with Crippen LogP contribution < -0.4 is 21.5 Å². The predicted molar refractivity (Wildman–Crippen MR) is 94.4 cm³/mol. The number of aromatic nitrogens is 1. The van der Waals surface area contributed by atoms with E-state index in [4.69, 9.17) is 20.9 Å². The van der Waals surface area contributed by atoms with Crippen LogP contribution in [0, 0.1) is 0 Å². The lowest BCUT2D eigenvalue weighted by molar-refractivity contribution is 0.121. The summed E-state index contributed by atoms with van der Waals surface area (Å²) in [5, 5.41) is 4.19. The molecule has 0 amide bonds. The molecule has 6 nitrogen and oxygen atoms in total. The van der Waals surface area contributed by atoms with Gasteiger partial charge in [0.15, 0.2) is 0 Å². The fourth-order valence-corrected chi connectivity index (χ4v) is 2.54. The Hall–Kier alpha value is -2.05. The van der Waals surface area contributed by atoms with Crippen molar-refractivity contribution in [3.63, 3.8) is 0 Å². The summed E-state index contributed by atoms with van der Waals surface area (Å²) in [5.41, 5.74) is 14.4. The molecular formula is C17H26N4O2. The van der Waals surface area contributed by atoms with Crippen LogP contribution in [-0.2, 0) is 4.74 Å². The Morgan fingerprint density at radius 3 is 2.61 bits per heavy atom. The number of ether oxygens (including phenoxy) is 2. The lowest BCUT2D eigenvalue weighted by atomic mass is 10.00. The Morgan fingerprint density at radius 2 is 1.96 bits per heavy atom. The van der Waals surface area contributed by atoms with E-state index in [1.165, 1.54) is 0 Å². The number of anilines is 2. The van der Waals surface area contributed by atoms with E-state index in [2.05, 4.69) is 10.3 Å². The fourth-order valence-electron chi connectivity index (χ4n) is 2.54. The quantitative estimate of drug-likeness (QED) is 0.537. The van der Waals surface area contributed by atoms with Crippen LogP contribution in [0.4, 0.5) is 11.5 Å². The van der Waals surface area contributed by atoms with Gasteiger partial charge in [0.1, 0.15) is 11.6 Å². The zero-order chi connectivity index (χ0) is 17.0. The van der Waals surface area contributed by atoms with Crippen molar-refractivity contribution in [3.8, 4) is 5.75 Å².